The fourth-order valence-electron chi connectivity index (χ4n) is 4.55. The lowest BCUT2D eigenvalue weighted by Crippen LogP contribution is -2.45. The number of carbonyl (C=O) groups is 3. The third-order valence-corrected chi connectivity index (χ3v) is 8.28. The molecule has 2 saturated heterocycles. The van der Waals surface area contributed by atoms with Gasteiger partial charge in [-0.3, -0.25) is 4.79 Å². The van der Waals surface area contributed by atoms with E-state index in [0.29, 0.717) is 30.8 Å². The number of sulfonamides is 1. The van der Waals surface area contributed by atoms with Gasteiger partial charge < -0.3 is 20.7 Å². The van der Waals surface area contributed by atoms with E-state index >= 15 is 0 Å². The van der Waals surface area contributed by atoms with Gasteiger partial charge in [0.15, 0.2) is 0 Å². The average molecular weight is 543 g/mol. The molecule has 1 amide bonds. The summed E-state index contributed by atoms with van der Waals surface area (Å²) in [5.41, 5.74) is 2.12. The van der Waals surface area contributed by atoms with Gasteiger partial charge in [0.2, 0.25) is 15.9 Å². The van der Waals surface area contributed by atoms with Gasteiger partial charge in [0.25, 0.3) is 0 Å². The van der Waals surface area contributed by atoms with Gasteiger partial charge in [-0.15, -0.1) is 0 Å². The maximum atomic E-state index is 13.0. The Hall–Kier alpha value is -3.12. The highest BCUT2D eigenvalue weighted by atomic mass is 32.2. The summed E-state index contributed by atoms with van der Waals surface area (Å²) in [6.07, 6.45) is 3.08. The standard InChI is InChI=1S/C27H34N4O6S/c1-18-6-12-22(13-7-18)38(35,36)31-24(27(34)37-26(33)23-5-3-15-29-23)16-19-8-10-21(11-9-19)30-25(32)20-4-2-14-28-17-20/h6-13,20,23-24,28-29,31H,2-5,14-17H2,1H3,(H,30,32)/t20?,23-,24-/m0/s1. The van der Waals surface area contributed by atoms with Crippen LogP contribution in [0.2, 0.25) is 0 Å². The molecule has 1 unspecified atom stereocenters. The summed E-state index contributed by atoms with van der Waals surface area (Å²) in [7, 11) is -4.07. The van der Waals surface area contributed by atoms with E-state index in [1.165, 1.54) is 12.1 Å². The van der Waals surface area contributed by atoms with Gasteiger partial charge in [0.05, 0.1) is 10.8 Å². The highest BCUT2D eigenvalue weighted by Crippen LogP contribution is 2.18. The van der Waals surface area contributed by atoms with Crippen molar-refractivity contribution in [1.82, 2.24) is 15.4 Å². The van der Waals surface area contributed by atoms with Crippen molar-refractivity contribution in [2.24, 2.45) is 5.92 Å². The minimum absolute atomic E-state index is 0.0000473. The van der Waals surface area contributed by atoms with Crippen molar-refractivity contribution in [3.63, 3.8) is 0 Å². The predicted molar refractivity (Wildman–Crippen MR) is 142 cm³/mol. The second-order valence-electron chi connectivity index (χ2n) is 9.81. The van der Waals surface area contributed by atoms with E-state index in [1.54, 1.807) is 36.4 Å². The number of esters is 2. The molecule has 2 fully saturated rings. The number of piperidine rings is 1. The minimum Gasteiger partial charge on any atom is -0.391 e. The van der Waals surface area contributed by atoms with Gasteiger partial charge in [0.1, 0.15) is 12.1 Å². The summed E-state index contributed by atoms with van der Waals surface area (Å²) in [6.45, 7) is 4.05. The fourth-order valence-corrected chi connectivity index (χ4v) is 5.74. The Balaban J connectivity index is 1.47. The zero-order valence-electron chi connectivity index (χ0n) is 21.4. The Morgan fingerprint density at radius 2 is 1.71 bits per heavy atom. The van der Waals surface area contributed by atoms with E-state index in [4.69, 9.17) is 4.74 Å². The van der Waals surface area contributed by atoms with Crippen LogP contribution in [0.5, 0.6) is 0 Å². The monoisotopic (exact) mass is 542 g/mol. The average Bonchev–Trinajstić information content (AvgIpc) is 3.45. The van der Waals surface area contributed by atoms with Gasteiger partial charge in [-0.1, -0.05) is 29.8 Å². The molecule has 0 aliphatic carbocycles. The molecule has 204 valence electrons. The van der Waals surface area contributed by atoms with E-state index in [0.717, 1.165) is 31.4 Å². The second kappa shape index (κ2) is 12.6. The first kappa shape index (κ1) is 27.9. The molecule has 2 aliphatic rings. The summed E-state index contributed by atoms with van der Waals surface area (Å²) in [5, 5.41) is 9.09. The van der Waals surface area contributed by atoms with Crippen LogP contribution in [0.4, 0.5) is 5.69 Å². The molecule has 0 saturated carbocycles. The molecule has 3 atom stereocenters. The van der Waals surface area contributed by atoms with Crippen molar-refractivity contribution < 1.29 is 27.5 Å². The zero-order valence-corrected chi connectivity index (χ0v) is 22.2. The topological polar surface area (TPSA) is 143 Å². The number of anilines is 1. The number of aryl methyl sites for hydroxylation is 1. The summed E-state index contributed by atoms with van der Waals surface area (Å²) >= 11 is 0. The number of nitrogens with one attached hydrogen (secondary N) is 4. The smallest absolute Gasteiger partial charge is 0.332 e. The molecular weight excluding hydrogens is 508 g/mol. The number of ether oxygens (including phenoxy) is 1. The van der Waals surface area contributed by atoms with Gasteiger partial charge in [-0.2, -0.15) is 4.72 Å². The normalized spacial score (nSPS) is 20.4. The van der Waals surface area contributed by atoms with Crippen molar-refractivity contribution in [3.05, 3.63) is 59.7 Å². The second-order valence-corrected chi connectivity index (χ2v) is 11.5. The Labute approximate surface area is 223 Å². The van der Waals surface area contributed by atoms with Crippen molar-refractivity contribution in [1.29, 1.82) is 0 Å². The van der Waals surface area contributed by atoms with Gasteiger partial charge in [-0.25, -0.2) is 18.0 Å². The van der Waals surface area contributed by atoms with Crippen LogP contribution in [0.3, 0.4) is 0 Å². The molecule has 0 bridgehead atoms. The molecule has 4 N–H and O–H groups in total. The molecule has 11 heteroatoms. The lowest BCUT2D eigenvalue weighted by molar-refractivity contribution is -0.162. The molecule has 0 spiro atoms. The molecule has 2 aromatic carbocycles. The Morgan fingerprint density at radius 3 is 2.34 bits per heavy atom. The third kappa shape index (κ3) is 7.47. The summed E-state index contributed by atoms with van der Waals surface area (Å²) < 4.78 is 33.6. The number of carbonyl (C=O) groups excluding carboxylic acids is 3. The molecule has 2 aliphatic heterocycles. The van der Waals surface area contributed by atoms with Crippen LogP contribution in [0, 0.1) is 12.8 Å². The van der Waals surface area contributed by atoms with Crippen molar-refractivity contribution in [3.8, 4) is 0 Å². The lowest BCUT2D eigenvalue weighted by atomic mass is 9.98. The highest BCUT2D eigenvalue weighted by molar-refractivity contribution is 7.89. The molecular formula is C27H34N4O6S. The van der Waals surface area contributed by atoms with Crippen LogP contribution < -0.4 is 20.7 Å². The molecule has 0 radical (unpaired) electrons. The zero-order chi connectivity index (χ0) is 27.1. The van der Waals surface area contributed by atoms with E-state index in [2.05, 4.69) is 20.7 Å². The molecule has 0 aromatic heterocycles. The number of benzene rings is 2. The van der Waals surface area contributed by atoms with Crippen LogP contribution in [-0.4, -0.2) is 58.0 Å². The quantitative estimate of drug-likeness (QED) is 0.277. The summed E-state index contributed by atoms with van der Waals surface area (Å²) in [5.74, 6) is -1.84. The van der Waals surface area contributed by atoms with Crippen LogP contribution >= 0.6 is 0 Å². The number of hydrogen-bond donors (Lipinski definition) is 4. The van der Waals surface area contributed by atoms with E-state index < -0.39 is 34.0 Å². The van der Waals surface area contributed by atoms with Gasteiger partial charge in [-0.05, 0) is 81.9 Å². The van der Waals surface area contributed by atoms with Crippen molar-refractivity contribution in [2.45, 2.75) is 56.0 Å². The van der Waals surface area contributed by atoms with Gasteiger partial charge in [0, 0.05) is 12.2 Å². The minimum atomic E-state index is -4.07. The molecule has 2 heterocycles. The largest absolute Gasteiger partial charge is 0.391 e. The molecule has 4 rings (SSSR count). The van der Waals surface area contributed by atoms with Crippen molar-refractivity contribution >= 4 is 33.6 Å². The number of rotatable bonds is 9. The highest BCUT2D eigenvalue weighted by Gasteiger charge is 2.32. The van der Waals surface area contributed by atoms with Gasteiger partial charge >= 0.3 is 11.9 Å². The molecule has 38 heavy (non-hydrogen) atoms. The lowest BCUT2D eigenvalue weighted by Gasteiger charge is -2.22. The van der Waals surface area contributed by atoms with Crippen LogP contribution in [0.1, 0.15) is 36.8 Å². The van der Waals surface area contributed by atoms with Crippen LogP contribution in [0.15, 0.2) is 53.4 Å². The molecule has 10 nitrogen and oxygen atoms in total. The third-order valence-electron chi connectivity index (χ3n) is 6.79. The molecule has 2 aromatic rings. The first-order chi connectivity index (χ1) is 18.2. The van der Waals surface area contributed by atoms with Crippen molar-refractivity contribution in [2.75, 3.05) is 25.0 Å². The summed E-state index contributed by atoms with van der Waals surface area (Å²) in [4.78, 5) is 38.0. The Morgan fingerprint density at radius 1 is 1.00 bits per heavy atom. The van der Waals surface area contributed by atoms with E-state index in [-0.39, 0.29) is 23.1 Å². The summed E-state index contributed by atoms with van der Waals surface area (Å²) in [6, 6.07) is 11.1. The first-order valence-electron chi connectivity index (χ1n) is 12.9. The first-order valence-corrected chi connectivity index (χ1v) is 14.4. The number of hydrogen-bond acceptors (Lipinski definition) is 8. The predicted octanol–water partition coefficient (Wildman–Crippen LogP) is 1.64. The maximum Gasteiger partial charge on any atom is 0.332 e. The Bertz CT molecular complexity index is 1240. The van der Waals surface area contributed by atoms with Crippen LogP contribution in [0.25, 0.3) is 0 Å². The Kier molecular flexibility index (Phi) is 9.26. The van der Waals surface area contributed by atoms with Crippen LogP contribution in [-0.2, 0) is 35.6 Å². The maximum absolute atomic E-state index is 13.0. The van der Waals surface area contributed by atoms with E-state index in [1.807, 2.05) is 6.92 Å². The number of amides is 1. The fraction of sp³-hybridized carbons (Fsp3) is 0.444. The van der Waals surface area contributed by atoms with E-state index in [9.17, 15) is 22.8 Å². The SMILES string of the molecule is Cc1ccc(S(=O)(=O)N[C@@H](Cc2ccc(NC(=O)C3CCCNC3)cc2)C(=O)OC(=O)[C@@H]2CCCN2)cc1.